The Labute approximate surface area is 102 Å². The number of rotatable bonds is 4. The zero-order valence-electron chi connectivity index (χ0n) is 8.56. The predicted octanol–water partition coefficient (Wildman–Crippen LogP) is 2.14. The summed E-state index contributed by atoms with van der Waals surface area (Å²) in [7, 11) is 0. The average Bonchev–Trinajstić information content (AvgIpc) is 2.75. The van der Waals surface area contributed by atoms with Crippen LogP contribution in [0, 0.1) is 0 Å². The van der Waals surface area contributed by atoms with Crippen molar-refractivity contribution < 1.29 is 0 Å². The number of nitrogens with two attached hydrogens (primary N) is 1. The Bertz CT molecular complexity index is 471. The lowest BCUT2D eigenvalue weighted by molar-refractivity contribution is 0.812. The molecule has 84 valence electrons. The van der Waals surface area contributed by atoms with Gasteiger partial charge in [-0.25, -0.2) is 0 Å². The third-order valence-corrected chi connectivity index (χ3v) is 3.38. The molecule has 0 unspecified atom stereocenters. The van der Waals surface area contributed by atoms with Gasteiger partial charge in [-0.05, 0) is 19.0 Å². The van der Waals surface area contributed by atoms with Crippen LogP contribution in [0.2, 0.25) is 5.02 Å². The lowest BCUT2D eigenvalue weighted by Crippen LogP contribution is -1.99. The van der Waals surface area contributed by atoms with Gasteiger partial charge in [-0.3, -0.25) is 4.98 Å². The van der Waals surface area contributed by atoms with Gasteiger partial charge in [0, 0.05) is 24.4 Å². The highest BCUT2D eigenvalue weighted by Crippen LogP contribution is 2.29. The Hall–Kier alpha value is -1.04. The second-order valence-electron chi connectivity index (χ2n) is 3.25. The number of aromatic nitrogens is 3. The number of pyridine rings is 1. The Kier molecular flexibility index (Phi) is 3.82. The van der Waals surface area contributed by atoms with Crippen molar-refractivity contribution in [2.24, 2.45) is 5.73 Å². The normalized spacial score (nSPS) is 10.6. The van der Waals surface area contributed by atoms with Gasteiger partial charge in [-0.2, -0.15) is 0 Å². The van der Waals surface area contributed by atoms with Crippen molar-refractivity contribution in [3.63, 3.8) is 0 Å². The van der Waals surface area contributed by atoms with E-state index in [4.69, 9.17) is 17.3 Å². The van der Waals surface area contributed by atoms with Crippen LogP contribution in [-0.2, 0) is 6.42 Å². The maximum atomic E-state index is 6.03. The molecular weight excluding hydrogens is 244 g/mol. The summed E-state index contributed by atoms with van der Waals surface area (Å²) in [5, 5.41) is 10.6. The molecule has 0 saturated heterocycles. The average molecular weight is 255 g/mol. The van der Waals surface area contributed by atoms with Gasteiger partial charge in [0.15, 0.2) is 0 Å². The van der Waals surface area contributed by atoms with E-state index in [0.29, 0.717) is 11.6 Å². The standard InChI is InChI=1S/C10H11ClN4S/c11-8-6-13-5-3-7(8)10-15-14-9(16-10)2-1-4-12/h3,5-6H,1-2,4,12H2. The van der Waals surface area contributed by atoms with E-state index in [1.54, 1.807) is 23.7 Å². The molecule has 16 heavy (non-hydrogen) atoms. The summed E-state index contributed by atoms with van der Waals surface area (Å²) in [4.78, 5) is 3.93. The minimum atomic E-state index is 0.601. The second-order valence-corrected chi connectivity index (χ2v) is 4.72. The van der Waals surface area contributed by atoms with Gasteiger partial charge in [0.25, 0.3) is 0 Å². The topological polar surface area (TPSA) is 64.7 Å². The van der Waals surface area contributed by atoms with Gasteiger partial charge in [0.2, 0.25) is 0 Å². The van der Waals surface area contributed by atoms with Gasteiger partial charge in [-0.1, -0.05) is 22.9 Å². The summed E-state index contributed by atoms with van der Waals surface area (Å²) in [5.41, 5.74) is 6.33. The van der Waals surface area contributed by atoms with Gasteiger partial charge in [-0.15, -0.1) is 10.2 Å². The molecule has 0 spiro atoms. The Morgan fingerprint density at radius 3 is 3.00 bits per heavy atom. The molecule has 0 amide bonds. The lowest BCUT2D eigenvalue weighted by atomic mass is 10.3. The monoisotopic (exact) mass is 254 g/mol. The molecule has 6 heteroatoms. The highest BCUT2D eigenvalue weighted by Gasteiger charge is 2.09. The molecule has 0 saturated carbocycles. The van der Waals surface area contributed by atoms with Crippen molar-refractivity contribution in [2.75, 3.05) is 6.54 Å². The number of hydrogen-bond donors (Lipinski definition) is 1. The van der Waals surface area contributed by atoms with E-state index in [1.807, 2.05) is 6.07 Å². The van der Waals surface area contributed by atoms with Crippen LogP contribution in [-0.4, -0.2) is 21.7 Å². The molecule has 0 aliphatic carbocycles. The van der Waals surface area contributed by atoms with Crippen molar-refractivity contribution in [1.29, 1.82) is 0 Å². The molecular formula is C10H11ClN4S. The molecule has 2 rings (SSSR count). The van der Waals surface area contributed by atoms with Gasteiger partial charge >= 0.3 is 0 Å². The molecule has 4 nitrogen and oxygen atoms in total. The molecule has 0 aromatic carbocycles. The van der Waals surface area contributed by atoms with E-state index >= 15 is 0 Å². The summed E-state index contributed by atoms with van der Waals surface area (Å²) < 4.78 is 0. The largest absolute Gasteiger partial charge is 0.330 e. The number of hydrogen-bond acceptors (Lipinski definition) is 5. The molecule has 0 atom stereocenters. The zero-order valence-corrected chi connectivity index (χ0v) is 10.1. The number of nitrogens with zero attached hydrogens (tertiary/aromatic N) is 3. The Morgan fingerprint density at radius 2 is 2.25 bits per heavy atom. The van der Waals surface area contributed by atoms with Crippen molar-refractivity contribution in [1.82, 2.24) is 15.2 Å². The van der Waals surface area contributed by atoms with Crippen LogP contribution >= 0.6 is 22.9 Å². The fourth-order valence-electron chi connectivity index (χ4n) is 1.27. The Morgan fingerprint density at radius 1 is 1.38 bits per heavy atom. The molecule has 0 radical (unpaired) electrons. The van der Waals surface area contributed by atoms with Crippen molar-refractivity contribution in [3.8, 4) is 10.6 Å². The van der Waals surface area contributed by atoms with E-state index in [9.17, 15) is 0 Å². The van der Waals surface area contributed by atoms with Crippen LogP contribution in [0.3, 0.4) is 0 Å². The third kappa shape index (κ3) is 2.55. The quantitative estimate of drug-likeness (QED) is 0.908. The smallest absolute Gasteiger partial charge is 0.149 e. The molecule has 2 aromatic heterocycles. The minimum Gasteiger partial charge on any atom is -0.330 e. The van der Waals surface area contributed by atoms with E-state index in [2.05, 4.69) is 15.2 Å². The first-order chi connectivity index (χ1) is 7.81. The first kappa shape index (κ1) is 11.4. The molecule has 2 N–H and O–H groups in total. The van der Waals surface area contributed by atoms with E-state index in [-0.39, 0.29) is 0 Å². The highest BCUT2D eigenvalue weighted by molar-refractivity contribution is 7.14. The van der Waals surface area contributed by atoms with E-state index in [0.717, 1.165) is 28.4 Å². The summed E-state index contributed by atoms with van der Waals surface area (Å²) in [6.07, 6.45) is 5.11. The van der Waals surface area contributed by atoms with Crippen molar-refractivity contribution in [2.45, 2.75) is 12.8 Å². The predicted molar refractivity (Wildman–Crippen MR) is 65.5 cm³/mol. The number of halogens is 1. The minimum absolute atomic E-state index is 0.601. The van der Waals surface area contributed by atoms with Crippen LogP contribution in [0.15, 0.2) is 18.5 Å². The molecule has 2 aromatic rings. The van der Waals surface area contributed by atoms with Crippen LogP contribution in [0.1, 0.15) is 11.4 Å². The van der Waals surface area contributed by atoms with Crippen molar-refractivity contribution >= 4 is 22.9 Å². The van der Waals surface area contributed by atoms with Gasteiger partial charge in [0.1, 0.15) is 10.0 Å². The van der Waals surface area contributed by atoms with Crippen LogP contribution in [0.25, 0.3) is 10.6 Å². The zero-order chi connectivity index (χ0) is 11.4. The first-order valence-corrected chi connectivity index (χ1v) is 6.13. The van der Waals surface area contributed by atoms with Crippen LogP contribution in [0.5, 0.6) is 0 Å². The van der Waals surface area contributed by atoms with E-state index in [1.165, 1.54) is 0 Å². The highest BCUT2D eigenvalue weighted by atomic mass is 35.5. The van der Waals surface area contributed by atoms with Gasteiger partial charge in [0.05, 0.1) is 5.02 Å². The molecule has 0 aliphatic heterocycles. The first-order valence-electron chi connectivity index (χ1n) is 4.93. The molecule has 2 heterocycles. The van der Waals surface area contributed by atoms with Crippen LogP contribution < -0.4 is 5.73 Å². The van der Waals surface area contributed by atoms with E-state index < -0.39 is 0 Å². The summed E-state index contributed by atoms with van der Waals surface area (Å²) >= 11 is 7.58. The second kappa shape index (κ2) is 5.34. The van der Waals surface area contributed by atoms with Gasteiger partial charge < -0.3 is 5.73 Å². The summed E-state index contributed by atoms with van der Waals surface area (Å²) in [6, 6.07) is 1.84. The fourth-order valence-corrected chi connectivity index (χ4v) is 2.45. The van der Waals surface area contributed by atoms with Crippen LogP contribution in [0.4, 0.5) is 0 Å². The lowest BCUT2D eigenvalue weighted by Gasteiger charge is -1.96. The molecule has 0 bridgehead atoms. The molecule has 0 fully saturated rings. The third-order valence-electron chi connectivity index (χ3n) is 2.06. The SMILES string of the molecule is NCCCc1nnc(-c2ccncc2Cl)s1. The summed E-state index contributed by atoms with van der Waals surface area (Å²) in [6.45, 7) is 0.672. The maximum absolute atomic E-state index is 6.03. The maximum Gasteiger partial charge on any atom is 0.149 e. The fraction of sp³-hybridized carbons (Fsp3) is 0.300. The summed E-state index contributed by atoms with van der Waals surface area (Å²) in [5.74, 6) is 0. The van der Waals surface area contributed by atoms with Crippen molar-refractivity contribution in [3.05, 3.63) is 28.5 Å². The molecule has 0 aliphatic rings. The Balaban J connectivity index is 2.22. The number of aryl methyl sites for hydroxylation is 1.